The van der Waals surface area contributed by atoms with E-state index in [2.05, 4.69) is 66.5 Å². The van der Waals surface area contributed by atoms with Gasteiger partial charge in [0.1, 0.15) is 11.6 Å². The number of rotatable bonds is 8. The maximum Gasteiger partial charge on any atom is 0.138 e. The molecule has 1 heterocycles. The van der Waals surface area contributed by atoms with Gasteiger partial charge in [-0.25, -0.2) is 4.98 Å². The predicted octanol–water partition coefficient (Wildman–Crippen LogP) is 7.03. The number of nitrogens with zero attached hydrogens (tertiary/aromatic N) is 1. The number of hydrogen-bond donors (Lipinski definition) is 1. The van der Waals surface area contributed by atoms with E-state index in [9.17, 15) is 0 Å². The zero-order valence-corrected chi connectivity index (χ0v) is 17.2. The van der Waals surface area contributed by atoms with E-state index in [1.165, 1.54) is 47.7 Å². The molecule has 3 aromatic carbocycles. The van der Waals surface area contributed by atoms with Gasteiger partial charge < -0.3 is 9.72 Å². The molecule has 0 aliphatic heterocycles. The van der Waals surface area contributed by atoms with Gasteiger partial charge in [-0.3, -0.25) is 0 Å². The molecule has 0 amide bonds. The summed E-state index contributed by atoms with van der Waals surface area (Å²) >= 11 is 0. The molecule has 4 rings (SSSR count). The van der Waals surface area contributed by atoms with Crippen molar-refractivity contribution in [2.45, 2.75) is 39.0 Å². The molecular weight excluding hydrogens is 356 g/mol. The zero-order chi connectivity index (χ0) is 20.1. The average Bonchev–Trinajstić information content (AvgIpc) is 3.20. The first-order valence-corrected chi connectivity index (χ1v) is 10.5. The van der Waals surface area contributed by atoms with Crippen molar-refractivity contribution in [2.75, 3.05) is 7.11 Å². The van der Waals surface area contributed by atoms with Crippen LogP contribution in [-0.4, -0.2) is 17.1 Å². The number of benzene rings is 3. The summed E-state index contributed by atoms with van der Waals surface area (Å²) in [5.41, 5.74) is 4.57. The molecule has 0 saturated carbocycles. The molecule has 0 bridgehead atoms. The van der Waals surface area contributed by atoms with Crippen molar-refractivity contribution in [1.29, 1.82) is 0 Å². The van der Waals surface area contributed by atoms with Crippen molar-refractivity contribution >= 4 is 10.8 Å². The van der Waals surface area contributed by atoms with Gasteiger partial charge in [0.25, 0.3) is 0 Å². The smallest absolute Gasteiger partial charge is 0.138 e. The van der Waals surface area contributed by atoms with Crippen LogP contribution in [0, 0.1) is 0 Å². The number of nitrogens with one attached hydrogen (secondary N) is 1. The van der Waals surface area contributed by atoms with Gasteiger partial charge in [-0.1, -0.05) is 68.7 Å². The fourth-order valence-electron chi connectivity index (χ4n) is 3.86. The van der Waals surface area contributed by atoms with Crippen LogP contribution in [0.25, 0.3) is 33.4 Å². The Bertz CT molecular complexity index is 1070. The van der Waals surface area contributed by atoms with E-state index >= 15 is 0 Å². The van der Waals surface area contributed by atoms with Gasteiger partial charge in [-0.2, -0.15) is 0 Å². The van der Waals surface area contributed by atoms with Gasteiger partial charge in [0.2, 0.25) is 0 Å². The van der Waals surface area contributed by atoms with E-state index in [1.54, 1.807) is 7.11 Å². The summed E-state index contributed by atoms with van der Waals surface area (Å²) in [6.07, 6.45) is 5.97. The molecule has 148 valence electrons. The summed E-state index contributed by atoms with van der Waals surface area (Å²) < 4.78 is 5.30. The summed E-state index contributed by atoms with van der Waals surface area (Å²) in [4.78, 5) is 8.68. The van der Waals surface area contributed by atoms with Gasteiger partial charge in [-0.05, 0) is 47.9 Å². The molecule has 3 nitrogen and oxygen atoms in total. The van der Waals surface area contributed by atoms with Crippen molar-refractivity contribution in [3.8, 4) is 28.4 Å². The highest BCUT2D eigenvalue weighted by Gasteiger charge is 2.15. The molecule has 3 heteroatoms. The monoisotopic (exact) mass is 384 g/mol. The summed E-state index contributed by atoms with van der Waals surface area (Å²) in [5.74, 6) is 1.77. The number of aryl methyl sites for hydroxylation is 1. The lowest BCUT2D eigenvalue weighted by molar-refractivity contribution is 0.415. The molecule has 0 fully saturated rings. The van der Waals surface area contributed by atoms with Crippen molar-refractivity contribution < 1.29 is 4.74 Å². The Morgan fingerprint density at radius 3 is 2.45 bits per heavy atom. The maximum atomic E-state index is 5.30. The lowest BCUT2D eigenvalue weighted by atomic mass is 9.99. The minimum Gasteiger partial charge on any atom is -0.497 e. The summed E-state index contributed by atoms with van der Waals surface area (Å²) in [7, 11) is 1.69. The first kappa shape index (κ1) is 19.3. The SMILES string of the molecule is CCCCCCc1[nH]c(-c2ccc(OC)cc2)nc1-c1cccc2ccccc12. The Morgan fingerprint density at radius 2 is 1.66 bits per heavy atom. The molecule has 0 atom stereocenters. The average molecular weight is 385 g/mol. The minimum atomic E-state index is 0.856. The molecular formula is C26H28N2O. The normalized spacial score (nSPS) is 11.1. The van der Waals surface area contributed by atoms with Crippen LogP contribution in [-0.2, 0) is 6.42 Å². The van der Waals surface area contributed by atoms with Crippen molar-refractivity contribution in [2.24, 2.45) is 0 Å². The highest BCUT2D eigenvalue weighted by Crippen LogP contribution is 2.33. The van der Waals surface area contributed by atoms with Gasteiger partial charge in [0.05, 0.1) is 12.8 Å². The molecule has 0 saturated heterocycles. The number of methoxy groups -OCH3 is 1. The van der Waals surface area contributed by atoms with E-state index in [4.69, 9.17) is 9.72 Å². The quantitative estimate of drug-likeness (QED) is 0.331. The van der Waals surface area contributed by atoms with Gasteiger partial charge in [0, 0.05) is 16.8 Å². The van der Waals surface area contributed by atoms with Crippen LogP contribution in [0.15, 0.2) is 66.7 Å². The number of aromatic nitrogens is 2. The predicted molar refractivity (Wildman–Crippen MR) is 121 cm³/mol. The first-order valence-electron chi connectivity index (χ1n) is 10.5. The van der Waals surface area contributed by atoms with E-state index in [1.807, 2.05) is 12.1 Å². The molecule has 29 heavy (non-hydrogen) atoms. The van der Waals surface area contributed by atoms with Crippen LogP contribution in [0.3, 0.4) is 0 Å². The fourth-order valence-corrected chi connectivity index (χ4v) is 3.86. The Balaban J connectivity index is 1.76. The number of hydrogen-bond acceptors (Lipinski definition) is 2. The van der Waals surface area contributed by atoms with Crippen molar-refractivity contribution in [3.05, 3.63) is 72.4 Å². The number of fused-ring (bicyclic) bond motifs is 1. The Morgan fingerprint density at radius 1 is 0.862 bits per heavy atom. The van der Waals surface area contributed by atoms with Gasteiger partial charge in [-0.15, -0.1) is 0 Å². The summed E-state index contributed by atoms with van der Waals surface area (Å²) in [6, 6.07) is 23.1. The zero-order valence-electron chi connectivity index (χ0n) is 17.2. The topological polar surface area (TPSA) is 37.9 Å². The van der Waals surface area contributed by atoms with Crippen LogP contribution in [0.4, 0.5) is 0 Å². The molecule has 0 radical (unpaired) electrons. The van der Waals surface area contributed by atoms with Crippen molar-refractivity contribution in [3.63, 3.8) is 0 Å². The largest absolute Gasteiger partial charge is 0.497 e. The molecule has 4 aromatic rings. The molecule has 0 unspecified atom stereocenters. The Labute approximate surface area is 172 Å². The van der Waals surface area contributed by atoms with Crippen LogP contribution in [0.2, 0.25) is 0 Å². The molecule has 0 aliphatic carbocycles. The first-order chi connectivity index (χ1) is 14.3. The number of H-pyrrole nitrogens is 1. The lowest BCUT2D eigenvalue weighted by Gasteiger charge is -2.07. The minimum absolute atomic E-state index is 0.856. The third kappa shape index (κ3) is 4.19. The standard InChI is InChI=1S/C26H28N2O/c1-3-4-5-6-14-24-25(23-13-9-11-19-10-7-8-12-22(19)23)28-26(27-24)20-15-17-21(29-2)18-16-20/h7-13,15-18H,3-6,14H2,1-2H3,(H,27,28). The highest BCUT2D eigenvalue weighted by atomic mass is 16.5. The third-order valence-corrected chi connectivity index (χ3v) is 5.47. The Kier molecular flexibility index (Phi) is 5.95. The van der Waals surface area contributed by atoms with Gasteiger partial charge >= 0.3 is 0 Å². The fraction of sp³-hybridized carbons (Fsp3) is 0.269. The van der Waals surface area contributed by atoms with Crippen LogP contribution in [0.1, 0.15) is 38.3 Å². The van der Waals surface area contributed by atoms with E-state index in [-0.39, 0.29) is 0 Å². The number of imidazole rings is 1. The van der Waals surface area contributed by atoms with Crippen molar-refractivity contribution in [1.82, 2.24) is 9.97 Å². The van der Waals surface area contributed by atoms with Crippen LogP contribution in [0.5, 0.6) is 5.75 Å². The summed E-state index contributed by atoms with van der Waals surface area (Å²) in [5, 5.41) is 2.49. The summed E-state index contributed by atoms with van der Waals surface area (Å²) in [6.45, 7) is 2.25. The second-order valence-corrected chi connectivity index (χ2v) is 7.48. The second-order valence-electron chi connectivity index (χ2n) is 7.48. The number of aromatic amines is 1. The Hall–Kier alpha value is -3.07. The van der Waals surface area contributed by atoms with E-state index in [0.29, 0.717) is 0 Å². The maximum absolute atomic E-state index is 5.30. The number of ether oxygens (including phenoxy) is 1. The van der Waals surface area contributed by atoms with Crippen LogP contribution < -0.4 is 4.74 Å². The second kappa shape index (κ2) is 8.95. The molecule has 0 aliphatic rings. The molecule has 1 N–H and O–H groups in total. The molecule has 0 spiro atoms. The van der Waals surface area contributed by atoms with E-state index < -0.39 is 0 Å². The highest BCUT2D eigenvalue weighted by molar-refractivity contribution is 5.96. The van der Waals surface area contributed by atoms with E-state index in [0.717, 1.165) is 29.3 Å². The van der Waals surface area contributed by atoms with Crippen LogP contribution >= 0.6 is 0 Å². The third-order valence-electron chi connectivity index (χ3n) is 5.47. The number of unbranched alkanes of at least 4 members (excludes halogenated alkanes) is 3. The molecule has 1 aromatic heterocycles. The lowest BCUT2D eigenvalue weighted by Crippen LogP contribution is -1.91. The van der Waals surface area contributed by atoms with Gasteiger partial charge in [0.15, 0.2) is 0 Å².